The van der Waals surface area contributed by atoms with Crippen LogP contribution in [0.5, 0.6) is 11.5 Å². The minimum atomic E-state index is -0.290. The number of benzene rings is 11. The van der Waals surface area contributed by atoms with Crippen molar-refractivity contribution in [1.29, 1.82) is 0 Å². The summed E-state index contributed by atoms with van der Waals surface area (Å²) in [6.45, 7) is 6.55. The molecule has 0 saturated heterocycles. The third-order valence-electron chi connectivity index (χ3n) is 16.3. The standard InChI is InChI=1S/C70H49BN4O2/c1-70(2,3)44-34-36-47(37-35-44)73-61-40-49(72(45-20-6-4-7-21-45)46-22-8-5-9-23-46)42-65-67(61)71(55-39-38-48(41-64(55)76-65)74-56-29-15-10-24-50(56)51-25-11-16-30-57(51)74)68-62(73)43-60(66-54-28-14-19-33-63(54)77-69(66)68)75-58-31-17-12-26-52(58)53-27-13-18-32-59(53)75/h4-43H,1-3H3. The molecule has 0 amide bonds. The number of fused-ring (bicyclic) bond motifs is 14. The summed E-state index contributed by atoms with van der Waals surface area (Å²) < 4.78 is 19.9. The molecule has 0 N–H and O–H groups in total. The van der Waals surface area contributed by atoms with Crippen molar-refractivity contribution in [3.63, 3.8) is 0 Å². The van der Waals surface area contributed by atoms with Crippen molar-refractivity contribution in [3.05, 3.63) is 248 Å². The van der Waals surface area contributed by atoms with E-state index < -0.39 is 0 Å². The highest BCUT2D eigenvalue weighted by atomic mass is 16.5. The Kier molecular flexibility index (Phi) is 9.29. The van der Waals surface area contributed by atoms with Crippen LogP contribution in [0.3, 0.4) is 0 Å². The fourth-order valence-electron chi connectivity index (χ4n) is 12.9. The lowest BCUT2D eigenvalue weighted by atomic mass is 9.34. The van der Waals surface area contributed by atoms with Gasteiger partial charge in [-0.1, -0.05) is 166 Å². The van der Waals surface area contributed by atoms with Crippen LogP contribution in [0, 0.1) is 0 Å². The lowest BCUT2D eigenvalue weighted by Gasteiger charge is -2.41. The SMILES string of the molecule is CC(C)(C)c1ccc(N2c3cc(N(c4ccccc4)c4ccccc4)cc4c3B(c3ccc(-n5c6ccccc6c6ccccc65)cc3O4)c3c2cc(-n2c4ccccc4c4ccccc42)c2c3oc3ccccc32)cc1. The first kappa shape index (κ1) is 43.7. The summed E-state index contributed by atoms with van der Waals surface area (Å²) in [7, 11) is 0. The zero-order chi connectivity index (χ0) is 51.1. The Morgan fingerprint density at radius 2 is 0.909 bits per heavy atom. The molecule has 11 aromatic carbocycles. The maximum atomic E-state index is 7.56. The quantitative estimate of drug-likeness (QED) is 0.156. The van der Waals surface area contributed by atoms with E-state index in [9.17, 15) is 0 Å². The van der Waals surface area contributed by atoms with Crippen LogP contribution in [0.1, 0.15) is 26.3 Å². The molecule has 364 valence electrons. The molecule has 0 aliphatic carbocycles. The van der Waals surface area contributed by atoms with E-state index in [0.717, 1.165) is 117 Å². The molecule has 77 heavy (non-hydrogen) atoms. The van der Waals surface area contributed by atoms with Gasteiger partial charge in [0.15, 0.2) is 0 Å². The first-order valence-electron chi connectivity index (χ1n) is 26.6. The predicted octanol–water partition coefficient (Wildman–Crippen LogP) is 17.0. The van der Waals surface area contributed by atoms with Crippen LogP contribution >= 0.6 is 0 Å². The molecule has 2 aliphatic rings. The Hall–Kier alpha value is -9.72. The van der Waals surface area contributed by atoms with Gasteiger partial charge in [0.2, 0.25) is 0 Å². The molecule has 2 aliphatic heterocycles. The van der Waals surface area contributed by atoms with Gasteiger partial charge in [0.05, 0.1) is 38.8 Å². The lowest BCUT2D eigenvalue weighted by molar-refractivity contribution is 0.487. The molecule has 0 bridgehead atoms. The van der Waals surface area contributed by atoms with Crippen molar-refractivity contribution >= 4 is 123 Å². The van der Waals surface area contributed by atoms with E-state index in [0.29, 0.717) is 0 Å². The molecule has 14 aromatic rings. The summed E-state index contributed by atoms with van der Waals surface area (Å²) in [5.74, 6) is 1.60. The van der Waals surface area contributed by atoms with Gasteiger partial charge in [-0.15, -0.1) is 0 Å². The molecule has 6 nitrogen and oxygen atoms in total. The number of furan rings is 1. The van der Waals surface area contributed by atoms with E-state index in [2.05, 4.69) is 282 Å². The predicted molar refractivity (Wildman–Crippen MR) is 322 cm³/mol. The van der Waals surface area contributed by atoms with Crippen LogP contribution in [-0.2, 0) is 5.41 Å². The molecular formula is C70H49BN4O2. The number of anilines is 6. The second kappa shape index (κ2) is 16.4. The van der Waals surface area contributed by atoms with E-state index in [1.54, 1.807) is 0 Å². The number of nitrogens with zero attached hydrogens (tertiary/aromatic N) is 4. The molecule has 0 fully saturated rings. The van der Waals surface area contributed by atoms with E-state index in [-0.39, 0.29) is 12.1 Å². The minimum absolute atomic E-state index is 0.0475. The van der Waals surface area contributed by atoms with Gasteiger partial charge in [-0.3, -0.25) is 0 Å². The number of para-hydroxylation sites is 7. The Morgan fingerprint density at radius 3 is 1.49 bits per heavy atom. The van der Waals surface area contributed by atoms with Gasteiger partial charge in [0.25, 0.3) is 6.71 Å². The summed E-state index contributed by atoms with van der Waals surface area (Å²) in [5, 5.41) is 6.98. The van der Waals surface area contributed by atoms with E-state index in [1.165, 1.54) is 27.1 Å². The molecule has 0 radical (unpaired) electrons. The number of ether oxygens (including phenoxy) is 1. The smallest absolute Gasteiger partial charge is 0.261 e. The Morgan fingerprint density at radius 1 is 0.403 bits per heavy atom. The van der Waals surface area contributed by atoms with Crippen LogP contribution in [-0.4, -0.2) is 15.8 Å². The number of aromatic nitrogens is 2. The zero-order valence-corrected chi connectivity index (χ0v) is 42.8. The molecule has 5 heterocycles. The molecule has 0 atom stereocenters. The molecule has 7 heteroatoms. The second-order valence-electron chi connectivity index (χ2n) is 21.6. The highest BCUT2D eigenvalue weighted by molar-refractivity contribution is 7.00. The molecule has 0 spiro atoms. The fourth-order valence-corrected chi connectivity index (χ4v) is 12.9. The maximum absolute atomic E-state index is 7.56. The largest absolute Gasteiger partial charge is 0.458 e. The summed E-state index contributed by atoms with van der Waals surface area (Å²) >= 11 is 0. The summed E-state index contributed by atoms with van der Waals surface area (Å²) in [6.07, 6.45) is 0. The first-order valence-corrected chi connectivity index (χ1v) is 26.6. The van der Waals surface area contributed by atoms with Crippen LogP contribution in [0.25, 0.3) is 76.9 Å². The van der Waals surface area contributed by atoms with E-state index in [1.807, 2.05) is 0 Å². The number of hydrogen-bond acceptors (Lipinski definition) is 4. The fraction of sp³-hybridized carbons (Fsp3) is 0.0571. The van der Waals surface area contributed by atoms with Crippen molar-refractivity contribution in [2.45, 2.75) is 26.2 Å². The zero-order valence-electron chi connectivity index (χ0n) is 42.8. The Labute approximate surface area is 445 Å². The van der Waals surface area contributed by atoms with Crippen LogP contribution in [0.4, 0.5) is 34.1 Å². The van der Waals surface area contributed by atoms with E-state index in [4.69, 9.17) is 9.15 Å². The van der Waals surface area contributed by atoms with Crippen molar-refractivity contribution in [2.24, 2.45) is 0 Å². The highest BCUT2D eigenvalue weighted by Crippen LogP contribution is 2.50. The van der Waals surface area contributed by atoms with Gasteiger partial charge in [-0.2, -0.15) is 0 Å². The van der Waals surface area contributed by atoms with Crippen LogP contribution in [0.2, 0.25) is 0 Å². The van der Waals surface area contributed by atoms with Gasteiger partial charge in [0.1, 0.15) is 22.7 Å². The number of hydrogen-bond donors (Lipinski definition) is 0. The van der Waals surface area contributed by atoms with Crippen molar-refractivity contribution < 1.29 is 9.15 Å². The van der Waals surface area contributed by atoms with Crippen molar-refractivity contribution in [1.82, 2.24) is 9.13 Å². The van der Waals surface area contributed by atoms with Gasteiger partial charge < -0.3 is 28.1 Å². The van der Waals surface area contributed by atoms with Gasteiger partial charge in [0, 0.05) is 73.2 Å². The topological polar surface area (TPSA) is 38.7 Å². The van der Waals surface area contributed by atoms with Crippen LogP contribution in [0.15, 0.2) is 247 Å². The average Bonchev–Trinajstić information content (AvgIpc) is 4.16. The third-order valence-corrected chi connectivity index (χ3v) is 16.3. The third kappa shape index (κ3) is 6.44. The minimum Gasteiger partial charge on any atom is -0.458 e. The molecule has 0 saturated carbocycles. The molecule has 3 aromatic heterocycles. The maximum Gasteiger partial charge on any atom is 0.261 e. The first-order chi connectivity index (χ1) is 37.9. The lowest BCUT2D eigenvalue weighted by Crippen LogP contribution is -2.59. The average molecular weight is 989 g/mol. The van der Waals surface area contributed by atoms with Gasteiger partial charge >= 0.3 is 0 Å². The second-order valence-corrected chi connectivity index (χ2v) is 21.6. The van der Waals surface area contributed by atoms with Gasteiger partial charge in [-0.25, -0.2) is 0 Å². The number of rotatable bonds is 6. The molecule has 0 unspecified atom stereocenters. The monoisotopic (exact) mass is 988 g/mol. The molecule has 16 rings (SSSR count). The van der Waals surface area contributed by atoms with Gasteiger partial charge in [-0.05, 0) is 112 Å². The Bertz CT molecular complexity index is 4570. The summed E-state index contributed by atoms with van der Waals surface area (Å²) in [5.41, 5.74) is 19.0. The Balaban J connectivity index is 1.05. The molecular weight excluding hydrogens is 940 g/mol. The highest BCUT2D eigenvalue weighted by Gasteiger charge is 2.45. The normalized spacial score (nSPS) is 12.9. The van der Waals surface area contributed by atoms with Crippen LogP contribution < -0.4 is 30.9 Å². The summed E-state index contributed by atoms with van der Waals surface area (Å²) in [6, 6.07) is 88.1. The van der Waals surface area contributed by atoms with E-state index >= 15 is 0 Å². The van der Waals surface area contributed by atoms with Crippen molar-refractivity contribution in [2.75, 3.05) is 9.80 Å². The summed E-state index contributed by atoms with van der Waals surface area (Å²) in [4.78, 5) is 4.83. The van der Waals surface area contributed by atoms with Crippen molar-refractivity contribution in [3.8, 4) is 22.9 Å².